The number of amides is 2. The molecule has 9 nitrogen and oxygen atoms in total. The van der Waals surface area contributed by atoms with Crippen LogP contribution in [-0.2, 0) is 22.4 Å². The van der Waals surface area contributed by atoms with E-state index >= 15 is 0 Å². The second kappa shape index (κ2) is 8.72. The van der Waals surface area contributed by atoms with Crippen LogP contribution >= 0.6 is 22.7 Å². The molecule has 4 heterocycles. The van der Waals surface area contributed by atoms with Crippen LogP contribution in [0.4, 0.5) is 11.5 Å². The Hall–Kier alpha value is -3.31. The van der Waals surface area contributed by atoms with Crippen molar-refractivity contribution < 1.29 is 9.59 Å². The summed E-state index contributed by atoms with van der Waals surface area (Å²) in [7, 11) is 0. The lowest BCUT2D eigenvalue weighted by Gasteiger charge is -2.36. The number of hydrogen-bond acceptors (Lipinski definition) is 8. The lowest BCUT2D eigenvalue weighted by Crippen LogP contribution is -2.51. The number of carbonyl (C=O) groups excluding carboxylic acids is 2. The molecule has 0 radical (unpaired) electrons. The van der Waals surface area contributed by atoms with E-state index in [-0.39, 0.29) is 22.6 Å². The van der Waals surface area contributed by atoms with Gasteiger partial charge in [-0.2, -0.15) is 0 Å². The predicted octanol–water partition coefficient (Wildman–Crippen LogP) is 3.13. The summed E-state index contributed by atoms with van der Waals surface area (Å²) in [6, 6.07) is 5.77. The van der Waals surface area contributed by atoms with Gasteiger partial charge in [0.15, 0.2) is 0 Å². The first-order valence-corrected chi connectivity index (χ1v) is 13.3. The fraction of sp³-hybridized carbons (Fsp3) is 0.375. The Morgan fingerprint density at radius 2 is 1.91 bits per heavy atom. The van der Waals surface area contributed by atoms with Gasteiger partial charge >= 0.3 is 4.87 Å². The van der Waals surface area contributed by atoms with Crippen LogP contribution in [0.1, 0.15) is 23.8 Å². The predicted molar refractivity (Wildman–Crippen MR) is 137 cm³/mol. The summed E-state index contributed by atoms with van der Waals surface area (Å²) in [6.45, 7) is 4.01. The number of rotatable bonds is 3. The number of aryl methyl sites for hydroxylation is 1. The van der Waals surface area contributed by atoms with Crippen LogP contribution in [-0.4, -0.2) is 62.7 Å². The van der Waals surface area contributed by atoms with E-state index < -0.39 is 0 Å². The minimum atomic E-state index is -0.0710. The summed E-state index contributed by atoms with van der Waals surface area (Å²) in [5.41, 5.74) is 2.91. The zero-order chi connectivity index (χ0) is 24.1. The average molecular weight is 509 g/mol. The molecule has 1 unspecified atom stereocenters. The first-order chi connectivity index (χ1) is 17.0. The van der Waals surface area contributed by atoms with Crippen molar-refractivity contribution in [1.82, 2.24) is 24.8 Å². The van der Waals surface area contributed by atoms with Gasteiger partial charge in [0, 0.05) is 49.6 Å². The summed E-state index contributed by atoms with van der Waals surface area (Å²) in [5, 5.41) is 4.45. The van der Waals surface area contributed by atoms with Gasteiger partial charge in [0.2, 0.25) is 11.8 Å². The Bertz CT molecular complexity index is 1510. The van der Waals surface area contributed by atoms with Gasteiger partial charge in [0.05, 0.1) is 15.6 Å². The van der Waals surface area contributed by atoms with Gasteiger partial charge in [-0.3, -0.25) is 14.4 Å². The summed E-state index contributed by atoms with van der Waals surface area (Å²) in [5.74, 6) is 0.973. The number of hydrogen-bond donors (Lipinski definition) is 2. The Labute approximate surface area is 208 Å². The van der Waals surface area contributed by atoms with Crippen LogP contribution in [0.15, 0.2) is 29.3 Å². The van der Waals surface area contributed by atoms with Crippen LogP contribution in [0.3, 0.4) is 0 Å². The summed E-state index contributed by atoms with van der Waals surface area (Å²) in [4.78, 5) is 54.1. The molecule has 2 N–H and O–H groups in total. The van der Waals surface area contributed by atoms with E-state index in [9.17, 15) is 14.4 Å². The zero-order valence-corrected chi connectivity index (χ0v) is 20.8. The molecule has 4 aromatic rings. The normalized spacial score (nSPS) is 18.1. The van der Waals surface area contributed by atoms with Gasteiger partial charge in [0.1, 0.15) is 17.0 Å². The molecule has 0 bridgehead atoms. The van der Waals surface area contributed by atoms with Gasteiger partial charge in [-0.25, -0.2) is 9.97 Å². The molecular formula is C24H24N6O3S2. The number of carbonyl (C=O) groups is 2. The Morgan fingerprint density at radius 1 is 1.11 bits per heavy atom. The lowest BCUT2D eigenvalue weighted by molar-refractivity contribution is -0.141. The number of piperazine rings is 1. The van der Waals surface area contributed by atoms with Crippen molar-refractivity contribution in [2.24, 2.45) is 5.92 Å². The number of thiophene rings is 1. The molecule has 1 atom stereocenters. The van der Waals surface area contributed by atoms with Crippen LogP contribution < -0.4 is 10.2 Å². The third-order valence-electron chi connectivity index (χ3n) is 6.91. The highest BCUT2D eigenvalue weighted by molar-refractivity contribution is 7.19. The molecule has 180 valence electrons. The van der Waals surface area contributed by atoms with Gasteiger partial charge in [-0.1, -0.05) is 11.3 Å². The number of anilines is 2. The van der Waals surface area contributed by atoms with E-state index in [2.05, 4.69) is 20.3 Å². The molecule has 11 heteroatoms. The Morgan fingerprint density at radius 3 is 2.71 bits per heavy atom. The Balaban J connectivity index is 1.23. The summed E-state index contributed by atoms with van der Waals surface area (Å²) >= 11 is 2.83. The first-order valence-electron chi connectivity index (χ1n) is 11.7. The molecule has 1 aliphatic carbocycles. The van der Waals surface area contributed by atoms with E-state index in [1.165, 1.54) is 21.8 Å². The minimum Gasteiger partial charge on any atom is -0.340 e. The van der Waals surface area contributed by atoms with E-state index in [1.54, 1.807) is 29.5 Å². The fourth-order valence-corrected chi connectivity index (χ4v) is 7.12. The smallest absolute Gasteiger partial charge is 0.305 e. The number of fused-ring (bicyclic) bond motifs is 4. The molecule has 3 aromatic heterocycles. The maximum atomic E-state index is 13.2. The van der Waals surface area contributed by atoms with Crippen molar-refractivity contribution >= 4 is 66.4 Å². The number of nitrogens with zero attached hydrogens (tertiary/aromatic N) is 4. The third kappa shape index (κ3) is 4.08. The molecule has 2 amide bonds. The number of H-pyrrole nitrogens is 1. The summed E-state index contributed by atoms with van der Waals surface area (Å²) in [6.07, 6.45) is 3.88. The van der Waals surface area contributed by atoms with Crippen LogP contribution in [0.5, 0.6) is 0 Å². The molecule has 2 aliphatic rings. The molecule has 35 heavy (non-hydrogen) atoms. The maximum absolute atomic E-state index is 13.2. The third-order valence-corrected chi connectivity index (χ3v) is 8.92. The fourth-order valence-electron chi connectivity index (χ4n) is 5.08. The van der Waals surface area contributed by atoms with Gasteiger partial charge < -0.3 is 20.1 Å². The minimum absolute atomic E-state index is 0.0393. The quantitative estimate of drug-likeness (QED) is 0.440. The standard InChI is InChI=1S/C24H24N6O3S2/c1-13(31)29-6-8-30(9-7-29)23(32)14-2-4-16-18(10-14)34-22-20(16)21(25-12-26-22)27-15-3-5-17-19(11-15)35-24(33)28-17/h3,5,11-12,14H,2,4,6-10H2,1H3,(H,28,33)(H,25,26,27). The molecule has 0 saturated carbocycles. The van der Waals surface area contributed by atoms with Crippen molar-refractivity contribution in [1.29, 1.82) is 0 Å². The van der Waals surface area contributed by atoms with Crippen LogP contribution in [0.2, 0.25) is 0 Å². The Kier molecular flexibility index (Phi) is 5.53. The van der Waals surface area contributed by atoms with Crippen molar-refractivity contribution in [3.8, 4) is 0 Å². The van der Waals surface area contributed by atoms with Crippen molar-refractivity contribution in [3.63, 3.8) is 0 Å². The molecule has 1 aliphatic heterocycles. The van der Waals surface area contributed by atoms with Crippen molar-refractivity contribution in [3.05, 3.63) is 44.6 Å². The second-order valence-electron chi connectivity index (χ2n) is 9.03. The first kappa shape index (κ1) is 22.2. The SMILES string of the molecule is CC(=O)N1CCN(C(=O)C2CCc3c(sc4ncnc(Nc5ccc6[nH]c(=O)sc6c5)c34)C2)CC1. The molecule has 1 aromatic carbocycles. The number of nitrogens with one attached hydrogen (secondary N) is 2. The molecule has 1 saturated heterocycles. The van der Waals surface area contributed by atoms with E-state index in [0.717, 1.165) is 44.8 Å². The largest absolute Gasteiger partial charge is 0.340 e. The number of thiazole rings is 1. The van der Waals surface area contributed by atoms with Crippen molar-refractivity contribution in [2.75, 3.05) is 31.5 Å². The average Bonchev–Trinajstić information content (AvgIpc) is 3.42. The van der Waals surface area contributed by atoms with Gasteiger partial charge in [0.25, 0.3) is 0 Å². The number of aromatic amines is 1. The van der Waals surface area contributed by atoms with Gasteiger partial charge in [-0.05, 0) is 43.0 Å². The molecule has 0 spiro atoms. The van der Waals surface area contributed by atoms with E-state index in [0.29, 0.717) is 32.6 Å². The highest BCUT2D eigenvalue weighted by atomic mass is 32.1. The molecule has 1 fully saturated rings. The topological polar surface area (TPSA) is 111 Å². The second-order valence-corrected chi connectivity index (χ2v) is 11.1. The zero-order valence-electron chi connectivity index (χ0n) is 19.2. The van der Waals surface area contributed by atoms with E-state index in [1.807, 2.05) is 23.1 Å². The number of aromatic nitrogens is 3. The highest BCUT2D eigenvalue weighted by Crippen LogP contribution is 2.41. The molecular weight excluding hydrogens is 484 g/mol. The van der Waals surface area contributed by atoms with Crippen LogP contribution in [0.25, 0.3) is 20.4 Å². The molecule has 6 rings (SSSR count). The lowest BCUT2D eigenvalue weighted by atomic mass is 9.86. The summed E-state index contributed by atoms with van der Waals surface area (Å²) < 4.78 is 0.892. The van der Waals surface area contributed by atoms with Crippen molar-refractivity contribution in [2.45, 2.75) is 26.2 Å². The monoisotopic (exact) mass is 508 g/mol. The maximum Gasteiger partial charge on any atom is 0.305 e. The van der Waals surface area contributed by atoms with Crippen LogP contribution in [0, 0.1) is 5.92 Å². The number of benzene rings is 1. The van der Waals surface area contributed by atoms with Gasteiger partial charge in [-0.15, -0.1) is 11.3 Å². The highest BCUT2D eigenvalue weighted by Gasteiger charge is 2.33. The van der Waals surface area contributed by atoms with E-state index in [4.69, 9.17) is 0 Å².